The second kappa shape index (κ2) is 4.16. The Morgan fingerprint density at radius 2 is 2.36 bits per heavy atom. The van der Waals surface area contributed by atoms with Gasteiger partial charge in [0, 0.05) is 11.6 Å². The van der Waals surface area contributed by atoms with Crippen molar-refractivity contribution in [2.75, 3.05) is 5.88 Å². The van der Waals surface area contributed by atoms with Crippen LogP contribution in [0.15, 0.2) is 17.1 Å². The van der Waals surface area contributed by atoms with Crippen LogP contribution >= 0.6 is 34.3 Å². The summed E-state index contributed by atoms with van der Waals surface area (Å²) in [5.74, 6) is -0.162. The number of ketones is 1. The van der Waals surface area contributed by atoms with E-state index in [2.05, 4.69) is 9.97 Å². The highest BCUT2D eigenvalue weighted by Crippen LogP contribution is 2.26. The van der Waals surface area contributed by atoms with Crippen molar-refractivity contribution in [3.8, 4) is 9.88 Å². The number of carbonyl (C=O) groups is 1. The van der Waals surface area contributed by atoms with E-state index in [0.29, 0.717) is 5.69 Å². The van der Waals surface area contributed by atoms with Gasteiger partial charge in [0.1, 0.15) is 10.7 Å². The molecule has 0 radical (unpaired) electrons. The highest BCUT2D eigenvalue weighted by molar-refractivity contribution is 7.20. The summed E-state index contributed by atoms with van der Waals surface area (Å²) in [4.78, 5) is 20.3. The molecule has 0 aliphatic heterocycles. The Hall–Kier alpha value is -0.780. The van der Waals surface area contributed by atoms with Gasteiger partial charge in [-0.3, -0.25) is 9.78 Å². The van der Waals surface area contributed by atoms with Crippen LogP contribution in [-0.4, -0.2) is 21.6 Å². The zero-order chi connectivity index (χ0) is 9.97. The smallest absolute Gasteiger partial charge is 0.196 e. The van der Waals surface area contributed by atoms with Gasteiger partial charge in [0.2, 0.25) is 0 Å². The molecule has 0 aliphatic carbocycles. The SMILES string of the molecule is O=C(CCl)c1csc(-c2cncs2)n1. The Kier molecular flexibility index (Phi) is 2.90. The molecule has 2 rings (SSSR count). The minimum absolute atomic E-state index is 0.0220. The molecule has 0 N–H and O–H groups in total. The topological polar surface area (TPSA) is 42.9 Å². The van der Waals surface area contributed by atoms with Crippen molar-refractivity contribution in [3.05, 3.63) is 22.8 Å². The second-order valence-corrected chi connectivity index (χ2v) is 4.47. The van der Waals surface area contributed by atoms with Crippen LogP contribution in [0.5, 0.6) is 0 Å². The summed E-state index contributed by atoms with van der Waals surface area (Å²) in [6, 6.07) is 0. The van der Waals surface area contributed by atoms with Gasteiger partial charge >= 0.3 is 0 Å². The molecule has 0 spiro atoms. The van der Waals surface area contributed by atoms with Crippen molar-refractivity contribution in [1.29, 1.82) is 0 Å². The zero-order valence-electron chi connectivity index (χ0n) is 6.94. The summed E-state index contributed by atoms with van der Waals surface area (Å²) in [7, 11) is 0. The Morgan fingerprint density at radius 1 is 1.50 bits per heavy atom. The summed E-state index contributed by atoms with van der Waals surface area (Å²) < 4.78 is 0. The van der Waals surface area contributed by atoms with E-state index in [1.807, 2.05) is 0 Å². The lowest BCUT2D eigenvalue weighted by atomic mass is 10.3. The molecule has 0 fully saturated rings. The van der Waals surface area contributed by atoms with Crippen LogP contribution in [0.3, 0.4) is 0 Å². The van der Waals surface area contributed by atoms with Crippen molar-refractivity contribution in [3.63, 3.8) is 0 Å². The van der Waals surface area contributed by atoms with Crippen LogP contribution in [0, 0.1) is 0 Å². The highest BCUT2D eigenvalue weighted by atomic mass is 35.5. The molecule has 2 aromatic rings. The fourth-order valence-corrected chi connectivity index (χ4v) is 2.56. The van der Waals surface area contributed by atoms with Gasteiger partial charge < -0.3 is 0 Å². The maximum atomic E-state index is 11.2. The molecule has 6 heteroatoms. The van der Waals surface area contributed by atoms with Crippen LogP contribution < -0.4 is 0 Å². The van der Waals surface area contributed by atoms with Crippen molar-refractivity contribution in [1.82, 2.24) is 9.97 Å². The average Bonchev–Trinajstić information content (AvgIpc) is 2.86. The number of carbonyl (C=O) groups excluding carboxylic acids is 1. The van der Waals surface area contributed by atoms with E-state index in [9.17, 15) is 4.79 Å². The number of alkyl halides is 1. The fourth-order valence-electron chi connectivity index (χ4n) is 0.905. The van der Waals surface area contributed by atoms with Gasteiger partial charge in [-0.05, 0) is 0 Å². The van der Waals surface area contributed by atoms with E-state index in [4.69, 9.17) is 11.6 Å². The quantitative estimate of drug-likeness (QED) is 0.616. The van der Waals surface area contributed by atoms with Gasteiger partial charge in [-0.1, -0.05) is 0 Å². The van der Waals surface area contributed by atoms with E-state index >= 15 is 0 Å². The van der Waals surface area contributed by atoms with Gasteiger partial charge in [0.25, 0.3) is 0 Å². The van der Waals surface area contributed by atoms with Gasteiger partial charge in [0.15, 0.2) is 5.78 Å². The fraction of sp³-hybridized carbons (Fsp3) is 0.125. The Labute approximate surface area is 93.4 Å². The lowest BCUT2D eigenvalue weighted by Crippen LogP contribution is -1.99. The van der Waals surface area contributed by atoms with Gasteiger partial charge in [-0.25, -0.2) is 4.98 Å². The maximum Gasteiger partial charge on any atom is 0.196 e. The number of hydrogen-bond acceptors (Lipinski definition) is 5. The molecule has 0 amide bonds. The largest absolute Gasteiger partial charge is 0.291 e. The van der Waals surface area contributed by atoms with Gasteiger partial charge in [-0.15, -0.1) is 34.3 Å². The van der Waals surface area contributed by atoms with Crippen molar-refractivity contribution < 1.29 is 4.79 Å². The van der Waals surface area contributed by atoms with E-state index in [1.165, 1.54) is 22.7 Å². The third-order valence-corrected chi connectivity index (χ3v) is 3.58. The number of aromatic nitrogens is 2. The molecule has 0 unspecified atom stereocenters. The zero-order valence-corrected chi connectivity index (χ0v) is 9.33. The molecule has 0 bridgehead atoms. The number of Topliss-reactive ketones (excluding diaryl/α,β-unsaturated/α-hetero) is 1. The van der Waals surface area contributed by atoms with E-state index in [1.54, 1.807) is 17.1 Å². The molecule has 2 heterocycles. The normalized spacial score (nSPS) is 10.4. The minimum Gasteiger partial charge on any atom is -0.291 e. The predicted octanol–water partition coefficient (Wildman–Crippen LogP) is 2.69. The Balaban J connectivity index is 2.31. The first-order valence-electron chi connectivity index (χ1n) is 3.75. The number of hydrogen-bond donors (Lipinski definition) is 0. The molecule has 0 saturated carbocycles. The molecule has 0 aliphatic rings. The number of nitrogens with zero attached hydrogens (tertiary/aromatic N) is 2. The van der Waals surface area contributed by atoms with Gasteiger partial charge in [-0.2, -0.15) is 0 Å². The first-order valence-corrected chi connectivity index (χ1v) is 6.04. The summed E-state index contributed by atoms with van der Waals surface area (Å²) in [5, 5.41) is 2.54. The average molecular weight is 245 g/mol. The van der Waals surface area contributed by atoms with Crippen molar-refractivity contribution in [2.24, 2.45) is 0 Å². The Morgan fingerprint density at radius 3 is 3.00 bits per heavy atom. The van der Waals surface area contributed by atoms with E-state index < -0.39 is 0 Å². The molecule has 14 heavy (non-hydrogen) atoms. The lowest BCUT2D eigenvalue weighted by Gasteiger charge is -1.87. The Bertz CT molecular complexity index is 438. The number of halogens is 1. The van der Waals surface area contributed by atoms with Crippen LogP contribution in [0.2, 0.25) is 0 Å². The van der Waals surface area contributed by atoms with Gasteiger partial charge in [0.05, 0.1) is 16.3 Å². The maximum absolute atomic E-state index is 11.2. The number of thiazole rings is 2. The van der Waals surface area contributed by atoms with Crippen molar-refractivity contribution in [2.45, 2.75) is 0 Å². The molecule has 0 atom stereocenters. The molecule has 0 aromatic carbocycles. The minimum atomic E-state index is -0.140. The van der Waals surface area contributed by atoms with Crippen molar-refractivity contribution >= 4 is 40.1 Å². The monoisotopic (exact) mass is 244 g/mol. The third kappa shape index (κ3) is 1.84. The highest BCUT2D eigenvalue weighted by Gasteiger charge is 2.11. The summed E-state index contributed by atoms with van der Waals surface area (Å²) >= 11 is 8.36. The standard InChI is InChI=1S/C8H5ClN2OS2/c9-1-6(12)5-3-13-8(11-5)7-2-10-4-14-7/h2-4H,1H2. The van der Waals surface area contributed by atoms with E-state index in [-0.39, 0.29) is 11.7 Å². The first kappa shape index (κ1) is 9.76. The second-order valence-electron chi connectivity index (χ2n) is 2.46. The third-order valence-electron chi connectivity index (χ3n) is 1.55. The molecule has 72 valence electrons. The predicted molar refractivity (Wildman–Crippen MR) is 58.3 cm³/mol. The summed E-state index contributed by atoms with van der Waals surface area (Å²) in [6.45, 7) is 0. The molecular weight excluding hydrogens is 240 g/mol. The summed E-state index contributed by atoms with van der Waals surface area (Å²) in [5.41, 5.74) is 2.17. The van der Waals surface area contributed by atoms with Crippen LogP contribution in [0.4, 0.5) is 0 Å². The molecule has 3 nitrogen and oxygen atoms in total. The first-order chi connectivity index (χ1) is 6.81. The number of rotatable bonds is 3. The summed E-state index contributed by atoms with van der Waals surface area (Å²) in [6.07, 6.45) is 1.73. The molecule has 0 saturated heterocycles. The molecule has 2 aromatic heterocycles. The van der Waals surface area contributed by atoms with E-state index in [0.717, 1.165) is 9.88 Å². The van der Waals surface area contributed by atoms with Crippen LogP contribution in [0.25, 0.3) is 9.88 Å². The van der Waals surface area contributed by atoms with Crippen LogP contribution in [0.1, 0.15) is 10.5 Å². The molecular formula is C8H5ClN2OS2. The lowest BCUT2D eigenvalue weighted by molar-refractivity contribution is 0.101. The van der Waals surface area contributed by atoms with Crippen LogP contribution in [-0.2, 0) is 0 Å².